The van der Waals surface area contributed by atoms with Crippen LogP contribution in [0.15, 0.2) is 48.5 Å². The number of nitrogens with zero attached hydrogens (tertiary/aromatic N) is 4. The molecule has 0 saturated carbocycles. The topological polar surface area (TPSA) is 243 Å². The molecule has 0 amide bonds. The Balaban J connectivity index is 0.000000145. The minimum atomic E-state index is -0.0696. The first kappa shape index (κ1) is 71.4. The number of fused-ring (bicyclic) bond motifs is 12. The summed E-state index contributed by atoms with van der Waals surface area (Å²) >= 11 is 0. The van der Waals surface area contributed by atoms with Crippen molar-refractivity contribution < 1.29 is 60.0 Å². The molecule has 0 spiro atoms. The Morgan fingerprint density at radius 2 is 0.478 bits per heavy atom. The Hall–Kier alpha value is -4.92. The summed E-state index contributed by atoms with van der Waals surface area (Å²) in [7, 11) is 0. The maximum absolute atomic E-state index is 12.6. The highest BCUT2D eigenvalue weighted by Gasteiger charge is 2.43. The molecule has 4 fully saturated rings. The van der Waals surface area contributed by atoms with Crippen LogP contribution in [0.3, 0.4) is 0 Å². The lowest BCUT2D eigenvalue weighted by Gasteiger charge is -2.43. The zero-order chi connectivity index (χ0) is 66.2. The van der Waals surface area contributed by atoms with Gasteiger partial charge in [0.2, 0.25) is 0 Å². The minimum absolute atomic E-state index is 0.0487. The molecule has 92 heavy (non-hydrogen) atoms. The predicted molar refractivity (Wildman–Crippen MR) is 355 cm³/mol. The Morgan fingerprint density at radius 3 is 0.641 bits per heavy atom. The molecule has 4 saturated heterocycles. The van der Waals surface area contributed by atoms with Crippen molar-refractivity contribution in [1.29, 1.82) is 0 Å². The van der Waals surface area contributed by atoms with Crippen molar-refractivity contribution in [2.75, 3.05) is 52.4 Å². The fraction of sp³-hybridized carbons (Fsp3) is 0.632. The van der Waals surface area contributed by atoms with Gasteiger partial charge in [0.05, 0.1) is 52.9 Å². The molecule has 8 atom stereocenters. The zero-order valence-electron chi connectivity index (χ0n) is 56.3. The summed E-state index contributed by atoms with van der Waals surface area (Å²) in [4.78, 5) is 60.0. The van der Waals surface area contributed by atoms with Crippen molar-refractivity contribution >= 4 is 23.1 Å². The number of benzene rings is 4. The summed E-state index contributed by atoms with van der Waals surface area (Å²) in [5, 5.41) is 76.1. The van der Waals surface area contributed by atoms with Crippen molar-refractivity contribution in [3.05, 3.63) is 138 Å². The van der Waals surface area contributed by atoms with Crippen molar-refractivity contribution in [3.8, 4) is 0 Å². The maximum atomic E-state index is 12.6. The van der Waals surface area contributed by atoms with Crippen molar-refractivity contribution in [3.63, 3.8) is 0 Å². The first-order valence-corrected chi connectivity index (χ1v) is 34.6. The van der Waals surface area contributed by atoms with Gasteiger partial charge in [-0.2, -0.15) is 0 Å². The Labute approximate surface area is 547 Å². The van der Waals surface area contributed by atoms with Crippen LogP contribution in [0.4, 0.5) is 0 Å². The SMILES string of the molecule is CC(C)C[C@@H]1CN2CCc3cc(CO)c(CO)cc3[C@@H]2CC1=O.CC(C)C[C@@H]1CN2CCc3cc(CO)c(CO)cc3[C@H]2CC1=O.CC(C)C[C@H]1CN2CCc3cc(CO)c(CO)cc3[C@@H]2CC1=O.CC(C)C[C@H]1CN2CCc3cc(CO)c(CO)cc3[C@H]2CC1=O. The highest BCUT2D eigenvalue weighted by Crippen LogP contribution is 2.44. The van der Waals surface area contributed by atoms with Crippen LogP contribution in [-0.2, 0) is 97.7 Å². The van der Waals surface area contributed by atoms with Crippen LogP contribution < -0.4 is 0 Å². The second-order valence-corrected chi connectivity index (χ2v) is 29.6. The number of carbonyl (C=O) groups is 4. The molecule has 0 aromatic heterocycles. The van der Waals surface area contributed by atoms with Gasteiger partial charge in [-0.3, -0.25) is 38.8 Å². The molecule has 4 aromatic carbocycles. The van der Waals surface area contributed by atoms with E-state index in [1.807, 2.05) is 48.5 Å². The number of hydrogen-bond donors (Lipinski definition) is 8. The van der Waals surface area contributed by atoms with E-state index in [0.717, 1.165) is 148 Å². The van der Waals surface area contributed by atoms with Gasteiger partial charge in [0.25, 0.3) is 0 Å². The molecule has 12 rings (SSSR count). The number of rotatable bonds is 16. The smallest absolute Gasteiger partial charge is 0.139 e. The number of hydrogen-bond acceptors (Lipinski definition) is 16. The Kier molecular flexibility index (Phi) is 25.0. The molecule has 0 aliphatic carbocycles. The monoisotopic (exact) mass is 1270 g/mol. The zero-order valence-corrected chi connectivity index (χ0v) is 56.3. The van der Waals surface area contributed by atoms with E-state index in [-0.39, 0.29) is 101 Å². The number of aliphatic hydroxyl groups excluding tert-OH is 8. The fourth-order valence-corrected chi connectivity index (χ4v) is 16.7. The lowest BCUT2D eigenvalue weighted by atomic mass is 9.79. The van der Waals surface area contributed by atoms with E-state index in [0.29, 0.717) is 72.5 Å². The van der Waals surface area contributed by atoms with E-state index >= 15 is 0 Å². The maximum Gasteiger partial charge on any atom is 0.139 e. The molecular formula is C76H108N4O12. The molecular weight excluding hydrogens is 1160 g/mol. The second-order valence-electron chi connectivity index (χ2n) is 29.6. The summed E-state index contributed by atoms with van der Waals surface area (Å²) in [6.07, 6.45) is 10.0. The van der Waals surface area contributed by atoms with Gasteiger partial charge in [-0.15, -0.1) is 0 Å². The number of piperidine rings is 4. The van der Waals surface area contributed by atoms with Gasteiger partial charge in [-0.25, -0.2) is 0 Å². The van der Waals surface area contributed by atoms with Crippen LogP contribution in [0.5, 0.6) is 0 Å². The van der Waals surface area contributed by atoms with Crippen molar-refractivity contribution in [2.45, 2.75) is 209 Å². The minimum Gasteiger partial charge on any atom is -0.392 e. The van der Waals surface area contributed by atoms with Crippen LogP contribution in [0.25, 0.3) is 0 Å². The van der Waals surface area contributed by atoms with Crippen LogP contribution in [-0.4, -0.2) is 136 Å². The molecule has 8 aliphatic rings. The van der Waals surface area contributed by atoms with E-state index in [1.54, 1.807) is 0 Å². The fourth-order valence-electron chi connectivity index (χ4n) is 16.7. The molecule has 16 nitrogen and oxygen atoms in total. The van der Waals surface area contributed by atoms with E-state index in [9.17, 15) is 60.0 Å². The normalized spacial score (nSPS) is 24.7. The van der Waals surface area contributed by atoms with Crippen LogP contribution >= 0.6 is 0 Å². The Morgan fingerprint density at radius 1 is 0.304 bits per heavy atom. The van der Waals surface area contributed by atoms with Gasteiger partial charge >= 0.3 is 0 Å². The number of aliphatic hydroxyl groups is 8. The number of ketones is 4. The van der Waals surface area contributed by atoms with E-state index < -0.39 is 0 Å². The van der Waals surface area contributed by atoms with Crippen LogP contribution in [0.2, 0.25) is 0 Å². The summed E-state index contributed by atoms with van der Waals surface area (Å²) in [5.74, 6) is 4.38. The molecule has 4 aromatic rings. The van der Waals surface area contributed by atoms with E-state index in [2.05, 4.69) is 75.0 Å². The van der Waals surface area contributed by atoms with Crippen molar-refractivity contribution in [1.82, 2.24) is 19.6 Å². The highest BCUT2D eigenvalue weighted by molar-refractivity contribution is 5.85. The predicted octanol–water partition coefficient (Wildman–Crippen LogP) is 8.82. The van der Waals surface area contributed by atoms with E-state index in [1.165, 1.54) is 44.5 Å². The van der Waals surface area contributed by atoms with Gasteiger partial charge < -0.3 is 40.9 Å². The lowest BCUT2D eigenvalue weighted by Crippen LogP contribution is -2.46. The molecule has 8 N–H and O–H groups in total. The summed E-state index contributed by atoms with van der Waals surface area (Å²) < 4.78 is 0. The molecule has 8 aliphatic heterocycles. The number of carbonyl (C=O) groups excluding carboxylic acids is 4. The average Bonchev–Trinajstić information content (AvgIpc) is 0.860. The highest BCUT2D eigenvalue weighted by atomic mass is 16.3. The second kappa shape index (κ2) is 32.2. The van der Waals surface area contributed by atoms with Crippen LogP contribution in [0, 0.1) is 47.3 Å². The lowest BCUT2D eigenvalue weighted by molar-refractivity contribution is -0.130. The van der Waals surface area contributed by atoms with E-state index in [4.69, 9.17) is 0 Å². The summed E-state index contributed by atoms with van der Waals surface area (Å²) in [6, 6.07) is 16.7. The van der Waals surface area contributed by atoms with Gasteiger partial charge in [0.15, 0.2) is 0 Å². The molecule has 16 heteroatoms. The first-order valence-electron chi connectivity index (χ1n) is 34.6. The number of Topliss-reactive ketones (excluding diaryl/α,β-unsaturated/α-hetero) is 4. The molecule has 0 bridgehead atoms. The third-order valence-electron chi connectivity index (χ3n) is 21.3. The molecule has 0 radical (unpaired) electrons. The molecule has 0 unspecified atom stereocenters. The standard InChI is InChI=1S/4C19H27NO3/c4*1-12(2)5-14-9-20-4-3-13-6-15(10-21)16(11-22)7-17(13)18(20)8-19(14)23/h4*6-7,12,14,18,21-22H,3-5,8-11H2,1-2H3/t2*14-,18+;2*14-,18-/m1010/s1. The van der Waals surface area contributed by atoms with Gasteiger partial charge in [-0.05, 0) is 164 Å². The third kappa shape index (κ3) is 16.5. The third-order valence-corrected chi connectivity index (χ3v) is 21.3. The largest absolute Gasteiger partial charge is 0.392 e. The molecule has 504 valence electrons. The first-order chi connectivity index (χ1) is 44.1. The van der Waals surface area contributed by atoms with Crippen LogP contribution in [0.1, 0.15) is 220 Å². The van der Waals surface area contributed by atoms with Gasteiger partial charge in [-0.1, -0.05) is 104 Å². The van der Waals surface area contributed by atoms with Gasteiger partial charge in [0, 0.05) is 126 Å². The van der Waals surface area contributed by atoms with Crippen molar-refractivity contribution in [2.24, 2.45) is 47.3 Å². The summed E-state index contributed by atoms with van der Waals surface area (Å²) in [5.41, 5.74) is 15.9. The summed E-state index contributed by atoms with van der Waals surface area (Å²) in [6.45, 7) is 24.3. The quantitative estimate of drug-likeness (QED) is 0.0522. The average molecular weight is 1270 g/mol. The van der Waals surface area contributed by atoms with Gasteiger partial charge in [0.1, 0.15) is 23.1 Å². The Bertz CT molecular complexity index is 2810. The molecule has 8 heterocycles.